The van der Waals surface area contributed by atoms with E-state index in [1.54, 1.807) is 4.90 Å². The van der Waals surface area contributed by atoms with Crippen molar-refractivity contribution < 1.29 is 29.1 Å². The van der Waals surface area contributed by atoms with Crippen molar-refractivity contribution in [3.8, 4) is 11.1 Å². The number of nitrogens with one attached hydrogen (secondary N) is 3. The zero-order valence-corrected chi connectivity index (χ0v) is 23.6. The first-order valence-electron chi connectivity index (χ1n) is 14.8. The molecule has 2 aliphatic heterocycles. The molecule has 0 bridgehead atoms. The highest BCUT2D eigenvalue weighted by atomic mass is 16.3. The van der Waals surface area contributed by atoms with E-state index in [1.807, 2.05) is 48.5 Å². The maximum absolute atomic E-state index is 14.9. The molecule has 0 radical (unpaired) electrons. The second-order valence-electron chi connectivity index (χ2n) is 12.0. The number of ketones is 1. The Morgan fingerprint density at radius 1 is 1.02 bits per heavy atom. The van der Waals surface area contributed by atoms with Crippen LogP contribution in [-0.2, 0) is 29.5 Å². The van der Waals surface area contributed by atoms with E-state index in [0.717, 1.165) is 30.4 Å². The molecule has 0 aromatic heterocycles. The summed E-state index contributed by atoms with van der Waals surface area (Å²) in [5.41, 5.74) is 1.49. The molecule has 10 heteroatoms. The lowest BCUT2D eigenvalue weighted by molar-refractivity contribution is -0.146. The van der Waals surface area contributed by atoms with Gasteiger partial charge >= 0.3 is 0 Å². The van der Waals surface area contributed by atoms with Crippen LogP contribution in [0.3, 0.4) is 0 Å². The average Bonchev–Trinajstić information content (AvgIpc) is 3.75. The highest BCUT2D eigenvalue weighted by molar-refractivity contribution is 6.04. The fourth-order valence-electron chi connectivity index (χ4n) is 7.78. The lowest BCUT2D eigenvalue weighted by Gasteiger charge is -2.38. The minimum absolute atomic E-state index is 0.0856. The Balaban J connectivity index is 1.38. The zero-order valence-electron chi connectivity index (χ0n) is 23.6. The smallest absolute Gasteiger partial charge is 0.258 e. The van der Waals surface area contributed by atoms with Crippen LogP contribution in [0, 0.1) is 17.8 Å². The Labute approximate surface area is 244 Å². The number of hydrogen-bond donors (Lipinski definition) is 4. The summed E-state index contributed by atoms with van der Waals surface area (Å²) in [6.45, 7) is 1.47. The van der Waals surface area contributed by atoms with Gasteiger partial charge in [0.25, 0.3) is 5.91 Å². The van der Waals surface area contributed by atoms with Gasteiger partial charge in [-0.15, -0.1) is 0 Å². The summed E-state index contributed by atoms with van der Waals surface area (Å²) in [7, 11) is 0. The molecule has 1 saturated carbocycles. The van der Waals surface area contributed by atoms with Crippen molar-refractivity contribution in [3.63, 3.8) is 0 Å². The van der Waals surface area contributed by atoms with Gasteiger partial charge in [-0.25, -0.2) is 0 Å². The van der Waals surface area contributed by atoms with Crippen LogP contribution in [0.2, 0.25) is 0 Å². The third-order valence-corrected chi connectivity index (χ3v) is 9.60. The SMILES string of the molecule is CC(=O)NC1(C(=O)N2C[C@@H]3CCC[C@@H]3[C@@H]2C(=O)N[C@H](C[C@@H]2CCNC2=O)C(=O)CO)c2ccccc2-c2ccccc21. The average molecular weight is 573 g/mol. The fraction of sp³-hybridized carbons (Fsp3) is 0.469. The molecule has 4 N–H and O–H groups in total. The highest BCUT2D eigenvalue weighted by Gasteiger charge is 2.58. The van der Waals surface area contributed by atoms with E-state index in [4.69, 9.17) is 0 Å². The Hall–Kier alpha value is -4.05. The van der Waals surface area contributed by atoms with Crippen molar-refractivity contribution in [3.05, 3.63) is 59.7 Å². The van der Waals surface area contributed by atoms with Crippen LogP contribution < -0.4 is 16.0 Å². The van der Waals surface area contributed by atoms with E-state index in [-0.39, 0.29) is 36.0 Å². The summed E-state index contributed by atoms with van der Waals surface area (Å²) in [5.74, 6) is -2.42. The van der Waals surface area contributed by atoms with E-state index >= 15 is 0 Å². The summed E-state index contributed by atoms with van der Waals surface area (Å²) in [5, 5.41) is 18.2. The second-order valence-corrected chi connectivity index (χ2v) is 12.0. The van der Waals surface area contributed by atoms with Gasteiger partial charge in [-0.3, -0.25) is 24.0 Å². The quantitative estimate of drug-likeness (QED) is 0.375. The maximum Gasteiger partial charge on any atom is 0.258 e. The Morgan fingerprint density at radius 2 is 1.69 bits per heavy atom. The minimum atomic E-state index is -1.52. The number of aliphatic hydroxyl groups is 1. The number of hydrogen-bond acceptors (Lipinski definition) is 6. The number of carbonyl (C=O) groups is 5. The number of carbonyl (C=O) groups excluding carboxylic acids is 5. The molecule has 2 heterocycles. The maximum atomic E-state index is 14.9. The monoisotopic (exact) mass is 572 g/mol. The summed E-state index contributed by atoms with van der Waals surface area (Å²) in [6, 6.07) is 13.1. The molecule has 10 nitrogen and oxygen atoms in total. The lowest BCUT2D eigenvalue weighted by Crippen LogP contribution is -2.61. The molecule has 6 rings (SSSR count). The van der Waals surface area contributed by atoms with Gasteiger partial charge in [0.1, 0.15) is 12.6 Å². The number of likely N-dealkylation sites (tertiary alicyclic amines) is 1. The minimum Gasteiger partial charge on any atom is -0.389 e. The van der Waals surface area contributed by atoms with Crippen LogP contribution in [-0.4, -0.2) is 71.2 Å². The van der Waals surface area contributed by atoms with Crippen LogP contribution in [0.1, 0.15) is 50.2 Å². The molecule has 0 spiro atoms. The highest BCUT2D eigenvalue weighted by Crippen LogP contribution is 2.51. The molecule has 2 aromatic carbocycles. The van der Waals surface area contributed by atoms with E-state index in [1.165, 1.54) is 6.92 Å². The molecule has 5 atom stereocenters. The van der Waals surface area contributed by atoms with E-state index in [0.29, 0.717) is 30.6 Å². The van der Waals surface area contributed by atoms with Crippen LogP contribution in [0.15, 0.2) is 48.5 Å². The van der Waals surface area contributed by atoms with Gasteiger partial charge < -0.3 is 26.0 Å². The lowest BCUT2D eigenvalue weighted by atomic mass is 9.85. The number of nitrogens with zero attached hydrogens (tertiary/aromatic N) is 1. The predicted octanol–water partition coefficient (Wildman–Crippen LogP) is 1.25. The molecule has 2 aliphatic carbocycles. The molecule has 2 saturated heterocycles. The van der Waals surface area contributed by atoms with Crippen molar-refractivity contribution >= 4 is 29.4 Å². The van der Waals surface area contributed by atoms with Crippen LogP contribution in [0.4, 0.5) is 0 Å². The number of rotatable bonds is 8. The first-order valence-corrected chi connectivity index (χ1v) is 14.8. The molecule has 2 aromatic rings. The molecule has 4 amide bonds. The largest absolute Gasteiger partial charge is 0.389 e. The molecule has 42 heavy (non-hydrogen) atoms. The zero-order chi connectivity index (χ0) is 29.6. The molecular formula is C32H36N4O6. The summed E-state index contributed by atoms with van der Waals surface area (Å²) in [6.07, 6.45) is 3.20. The molecular weight excluding hydrogens is 536 g/mol. The van der Waals surface area contributed by atoms with Gasteiger partial charge in [0.2, 0.25) is 17.7 Å². The normalized spacial score (nSPS) is 25.7. The number of aliphatic hydroxyl groups excluding tert-OH is 1. The third-order valence-electron chi connectivity index (χ3n) is 9.60. The van der Waals surface area contributed by atoms with Crippen molar-refractivity contribution in [2.24, 2.45) is 17.8 Å². The van der Waals surface area contributed by atoms with Gasteiger partial charge in [-0.2, -0.15) is 0 Å². The van der Waals surface area contributed by atoms with Crippen LogP contribution in [0.25, 0.3) is 11.1 Å². The van der Waals surface area contributed by atoms with E-state index in [9.17, 15) is 29.1 Å². The first kappa shape index (κ1) is 28.1. The Bertz CT molecular complexity index is 1410. The van der Waals surface area contributed by atoms with Crippen molar-refractivity contribution in [1.29, 1.82) is 0 Å². The summed E-state index contributed by atoms with van der Waals surface area (Å²) < 4.78 is 0. The molecule has 3 fully saturated rings. The van der Waals surface area contributed by atoms with Gasteiger partial charge in [0.05, 0.1) is 6.04 Å². The topological polar surface area (TPSA) is 145 Å². The third kappa shape index (κ3) is 4.48. The van der Waals surface area contributed by atoms with Crippen molar-refractivity contribution in [2.75, 3.05) is 19.7 Å². The van der Waals surface area contributed by atoms with Crippen molar-refractivity contribution in [1.82, 2.24) is 20.9 Å². The molecule has 0 unspecified atom stereocenters. The van der Waals surface area contributed by atoms with Crippen molar-refractivity contribution in [2.45, 2.75) is 56.7 Å². The fourth-order valence-corrected chi connectivity index (χ4v) is 7.78. The number of benzene rings is 2. The van der Waals surface area contributed by atoms with Gasteiger partial charge in [-0.05, 0) is 59.8 Å². The Morgan fingerprint density at radius 3 is 2.29 bits per heavy atom. The second kappa shape index (κ2) is 11.0. The summed E-state index contributed by atoms with van der Waals surface area (Å²) >= 11 is 0. The molecule has 4 aliphatic rings. The Kier molecular flexibility index (Phi) is 7.34. The number of Topliss-reactive ketones (excluding diaryl/α,β-unsaturated/α-hetero) is 1. The van der Waals surface area contributed by atoms with E-state index in [2.05, 4.69) is 16.0 Å². The van der Waals surface area contributed by atoms with Gasteiger partial charge in [-0.1, -0.05) is 55.0 Å². The van der Waals surface area contributed by atoms with Crippen LogP contribution >= 0.6 is 0 Å². The number of amides is 4. The summed E-state index contributed by atoms with van der Waals surface area (Å²) in [4.78, 5) is 68.4. The molecule has 220 valence electrons. The number of fused-ring (bicyclic) bond motifs is 4. The van der Waals surface area contributed by atoms with Gasteiger partial charge in [0, 0.05) is 25.9 Å². The van der Waals surface area contributed by atoms with Gasteiger partial charge in [0.15, 0.2) is 11.3 Å². The van der Waals surface area contributed by atoms with Crippen LogP contribution in [0.5, 0.6) is 0 Å². The van der Waals surface area contributed by atoms with E-state index < -0.39 is 41.8 Å². The first-order chi connectivity index (χ1) is 20.3. The predicted molar refractivity (Wildman–Crippen MR) is 153 cm³/mol. The standard InChI is InChI=1S/C32H36N4O6/c1-18(38)35-32(24-11-4-2-8-22(24)23-9-3-5-12-25(23)32)31(42)36-16-20-7-6-10-21(20)28(36)30(41)34-26(27(39)17-37)15-19-13-14-33-29(19)40/h2-5,8-9,11-12,19-21,26,28,37H,6-7,10,13-17H2,1H3,(H,33,40)(H,34,41)(H,35,38)/t19-,20-,21-,26+,28+/m0/s1.